The molecular weight excluding hydrogens is 248 g/mol. The van der Waals surface area contributed by atoms with Crippen molar-refractivity contribution in [3.05, 3.63) is 29.8 Å². The number of likely N-dealkylation sites (tertiary alicyclic amines) is 1. The van der Waals surface area contributed by atoms with Gasteiger partial charge in [0.1, 0.15) is 5.75 Å². The molecule has 3 nitrogen and oxygen atoms in total. The molecule has 1 aliphatic heterocycles. The van der Waals surface area contributed by atoms with Crippen molar-refractivity contribution in [1.82, 2.24) is 10.2 Å². The van der Waals surface area contributed by atoms with Gasteiger partial charge in [-0.25, -0.2) is 0 Å². The number of ether oxygens (including phenoxy) is 1. The van der Waals surface area contributed by atoms with Gasteiger partial charge in [-0.2, -0.15) is 0 Å². The average molecular weight is 274 g/mol. The number of fused-ring (bicyclic) bond motifs is 1. The fourth-order valence-corrected chi connectivity index (χ4v) is 3.96. The molecule has 0 bridgehead atoms. The van der Waals surface area contributed by atoms with Crippen LogP contribution in [-0.4, -0.2) is 38.7 Å². The maximum Gasteiger partial charge on any atom is 0.119 e. The number of hydrogen-bond acceptors (Lipinski definition) is 3. The molecule has 0 aromatic heterocycles. The highest BCUT2D eigenvalue weighted by Crippen LogP contribution is 2.38. The second kappa shape index (κ2) is 6.15. The van der Waals surface area contributed by atoms with Crippen LogP contribution in [0.1, 0.15) is 30.9 Å². The van der Waals surface area contributed by atoms with Gasteiger partial charge >= 0.3 is 0 Å². The van der Waals surface area contributed by atoms with Crippen molar-refractivity contribution in [2.75, 3.05) is 33.8 Å². The Hall–Kier alpha value is -1.06. The highest BCUT2D eigenvalue weighted by Gasteiger charge is 2.36. The molecule has 1 aromatic rings. The number of nitrogens with one attached hydrogen (secondary N) is 1. The van der Waals surface area contributed by atoms with Gasteiger partial charge in [0.25, 0.3) is 0 Å². The predicted octanol–water partition coefficient (Wildman–Crippen LogP) is 2.69. The standard InChI is InChI=1S/C17H26N2O/c1-18-17(13-5-4-8-16(9-13)20-2)12-19-10-14-6-3-7-15(14)11-19/h4-5,8-9,14-15,17-18H,3,6-7,10-12H2,1-2H3. The van der Waals surface area contributed by atoms with Crippen LogP contribution in [0.2, 0.25) is 0 Å². The zero-order chi connectivity index (χ0) is 13.9. The van der Waals surface area contributed by atoms with E-state index in [1.807, 2.05) is 6.07 Å². The molecule has 1 heterocycles. The maximum atomic E-state index is 5.34. The van der Waals surface area contributed by atoms with E-state index in [-0.39, 0.29) is 0 Å². The van der Waals surface area contributed by atoms with Gasteiger partial charge in [-0.15, -0.1) is 0 Å². The van der Waals surface area contributed by atoms with Crippen LogP contribution >= 0.6 is 0 Å². The van der Waals surface area contributed by atoms with E-state index >= 15 is 0 Å². The van der Waals surface area contributed by atoms with Gasteiger partial charge in [0.05, 0.1) is 7.11 Å². The molecule has 3 atom stereocenters. The molecule has 1 saturated heterocycles. The van der Waals surface area contributed by atoms with Gasteiger partial charge in [-0.1, -0.05) is 18.6 Å². The highest BCUT2D eigenvalue weighted by molar-refractivity contribution is 5.30. The predicted molar refractivity (Wildman–Crippen MR) is 82.1 cm³/mol. The number of nitrogens with zero attached hydrogens (tertiary/aromatic N) is 1. The molecule has 1 aromatic carbocycles. The van der Waals surface area contributed by atoms with Crippen LogP contribution in [0.5, 0.6) is 5.75 Å². The van der Waals surface area contributed by atoms with E-state index in [2.05, 4.69) is 35.5 Å². The minimum atomic E-state index is 0.393. The minimum absolute atomic E-state index is 0.393. The maximum absolute atomic E-state index is 5.34. The summed E-state index contributed by atoms with van der Waals surface area (Å²) in [5, 5.41) is 3.47. The lowest BCUT2D eigenvalue weighted by Crippen LogP contribution is -2.33. The van der Waals surface area contributed by atoms with Gasteiger partial charge in [0.15, 0.2) is 0 Å². The summed E-state index contributed by atoms with van der Waals surface area (Å²) in [5.41, 5.74) is 1.32. The molecule has 2 aliphatic rings. The third kappa shape index (κ3) is 2.84. The van der Waals surface area contributed by atoms with Gasteiger partial charge in [0.2, 0.25) is 0 Å². The molecule has 110 valence electrons. The first-order chi connectivity index (χ1) is 9.80. The average Bonchev–Trinajstić information content (AvgIpc) is 3.05. The Morgan fingerprint density at radius 1 is 1.30 bits per heavy atom. The van der Waals surface area contributed by atoms with Crippen LogP contribution in [0, 0.1) is 11.8 Å². The highest BCUT2D eigenvalue weighted by atomic mass is 16.5. The van der Waals surface area contributed by atoms with Crippen LogP contribution in [0.4, 0.5) is 0 Å². The van der Waals surface area contributed by atoms with E-state index < -0.39 is 0 Å². The molecule has 3 heteroatoms. The van der Waals surface area contributed by atoms with E-state index in [0.29, 0.717) is 6.04 Å². The summed E-state index contributed by atoms with van der Waals surface area (Å²) in [5.74, 6) is 2.89. The summed E-state index contributed by atoms with van der Waals surface area (Å²) in [4.78, 5) is 2.65. The molecule has 1 saturated carbocycles. The summed E-state index contributed by atoms with van der Waals surface area (Å²) in [6, 6.07) is 8.83. The Morgan fingerprint density at radius 3 is 2.70 bits per heavy atom. The number of rotatable bonds is 5. The van der Waals surface area contributed by atoms with Crippen LogP contribution in [0.25, 0.3) is 0 Å². The molecule has 2 fully saturated rings. The van der Waals surface area contributed by atoms with Crippen molar-refractivity contribution in [3.63, 3.8) is 0 Å². The Balaban J connectivity index is 1.64. The Bertz CT molecular complexity index is 436. The first-order valence-electron chi connectivity index (χ1n) is 7.83. The quantitative estimate of drug-likeness (QED) is 0.893. The van der Waals surface area contributed by atoms with Crippen LogP contribution < -0.4 is 10.1 Å². The number of methoxy groups -OCH3 is 1. The van der Waals surface area contributed by atoms with Gasteiger partial charge < -0.3 is 15.0 Å². The fraction of sp³-hybridized carbons (Fsp3) is 0.647. The number of hydrogen-bond donors (Lipinski definition) is 1. The molecule has 0 spiro atoms. The van der Waals surface area contributed by atoms with Crippen molar-refractivity contribution in [2.45, 2.75) is 25.3 Å². The van der Waals surface area contributed by atoms with Gasteiger partial charge in [-0.05, 0) is 49.4 Å². The Kier molecular flexibility index (Phi) is 4.27. The minimum Gasteiger partial charge on any atom is -0.497 e. The smallest absolute Gasteiger partial charge is 0.119 e. The van der Waals surface area contributed by atoms with Crippen molar-refractivity contribution in [3.8, 4) is 5.75 Å². The molecule has 3 rings (SSSR count). The van der Waals surface area contributed by atoms with Gasteiger partial charge in [0, 0.05) is 25.7 Å². The molecule has 3 unspecified atom stereocenters. The third-order valence-electron chi connectivity index (χ3n) is 5.09. The molecular formula is C17H26N2O. The van der Waals surface area contributed by atoms with Crippen molar-refractivity contribution >= 4 is 0 Å². The van der Waals surface area contributed by atoms with E-state index in [9.17, 15) is 0 Å². The largest absolute Gasteiger partial charge is 0.497 e. The molecule has 0 amide bonds. The summed E-state index contributed by atoms with van der Waals surface area (Å²) < 4.78 is 5.34. The van der Waals surface area contributed by atoms with E-state index in [0.717, 1.165) is 24.1 Å². The van der Waals surface area contributed by atoms with E-state index in [1.165, 1.54) is 37.9 Å². The Morgan fingerprint density at radius 2 is 2.05 bits per heavy atom. The lowest BCUT2D eigenvalue weighted by atomic mass is 10.0. The topological polar surface area (TPSA) is 24.5 Å². The normalized spacial score (nSPS) is 27.5. The van der Waals surface area contributed by atoms with Gasteiger partial charge in [-0.3, -0.25) is 0 Å². The first-order valence-corrected chi connectivity index (χ1v) is 7.83. The second-order valence-corrected chi connectivity index (χ2v) is 6.29. The zero-order valence-electron chi connectivity index (χ0n) is 12.6. The first kappa shape index (κ1) is 13.9. The Labute approximate surface area is 122 Å². The molecule has 1 aliphatic carbocycles. The molecule has 0 radical (unpaired) electrons. The van der Waals surface area contributed by atoms with Crippen LogP contribution in [0.15, 0.2) is 24.3 Å². The van der Waals surface area contributed by atoms with Crippen LogP contribution in [-0.2, 0) is 0 Å². The summed E-state index contributed by atoms with van der Waals surface area (Å²) >= 11 is 0. The molecule has 20 heavy (non-hydrogen) atoms. The third-order valence-corrected chi connectivity index (χ3v) is 5.09. The van der Waals surface area contributed by atoms with Crippen molar-refractivity contribution in [1.29, 1.82) is 0 Å². The number of benzene rings is 1. The summed E-state index contributed by atoms with van der Waals surface area (Å²) in [6.45, 7) is 3.70. The van der Waals surface area contributed by atoms with Crippen molar-refractivity contribution in [2.24, 2.45) is 11.8 Å². The summed E-state index contributed by atoms with van der Waals surface area (Å²) in [7, 11) is 3.79. The lowest BCUT2D eigenvalue weighted by Gasteiger charge is -2.24. The number of likely N-dealkylation sites (N-methyl/N-ethyl adjacent to an activating group) is 1. The van der Waals surface area contributed by atoms with Crippen molar-refractivity contribution < 1.29 is 4.74 Å². The lowest BCUT2D eigenvalue weighted by molar-refractivity contribution is 0.277. The van der Waals surface area contributed by atoms with Crippen LogP contribution in [0.3, 0.4) is 0 Å². The van der Waals surface area contributed by atoms with E-state index in [1.54, 1.807) is 7.11 Å². The monoisotopic (exact) mass is 274 g/mol. The zero-order valence-corrected chi connectivity index (χ0v) is 12.6. The summed E-state index contributed by atoms with van der Waals surface area (Å²) in [6.07, 6.45) is 4.35. The SMILES string of the molecule is CNC(CN1CC2CCCC2C1)c1cccc(OC)c1. The fourth-order valence-electron chi connectivity index (χ4n) is 3.96. The molecule has 1 N–H and O–H groups in total. The second-order valence-electron chi connectivity index (χ2n) is 6.29. The van der Waals surface area contributed by atoms with E-state index in [4.69, 9.17) is 4.74 Å².